The van der Waals surface area contributed by atoms with E-state index in [1.54, 1.807) is 6.92 Å². The molecule has 26 heavy (non-hydrogen) atoms. The molecule has 5 heteroatoms. The number of methoxy groups -OCH3 is 1. The van der Waals surface area contributed by atoms with Crippen LogP contribution < -0.4 is 9.80 Å². The van der Waals surface area contributed by atoms with E-state index < -0.39 is 0 Å². The van der Waals surface area contributed by atoms with Crippen molar-refractivity contribution in [1.29, 1.82) is 0 Å². The summed E-state index contributed by atoms with van der Waals surface area (Å²) in [6, 6.07) is 17.7. The molecule has 3 rings (SSSR count). The molecule has 1 aliphatic heterocycles. The lowest BCUT2D eigenvalue weighted by atomic mass is 9.90. The third-order valence-electron chi connectivity index (χ3n) is 4.91. The van der Waals surface area contributed by atoms with Crippen molar-refractivity contribution in [2.75, 3.05) is 23.5 Å². The Morgan fingerprint density at radius 1 is 1.12 bits per heavy atom. The Hall–Kier alpha value is -2.82. The maximum atomic E-state index is 12.5. The lowest BCUT2D eigenvalue weighted by molar-refractivity contribution is -0.139. The molecule has 2 atom stereocenters. The van der Waals surface area contributed by atoms with Crippen molar-refractivity contribution < 1.29 is 14.3 Å². The zero-order valence-electron chi connectivity index (χ0n) is 15.4. The Kier molecular flexibility index (Phi) is 5.26. The van der Waals surface area contributed by atoms with Gasteiger partial charge in [-0.1, -0.05) is 36.4 Å². The second kappa shape index (κ2) is 7.60. The molecule has 0 radical (unpaired) electrons. The van der Waals surface area contributed by atoms with Gasteiger partial charge >= 0.3 is 5.97 Å². The van der Waals surface area contributed by atoms with Gasteiger partial charge in [0.1, 0.15) is 6.54 Å². The number of esters is 1. The second-order valence-electron chi connectivity index (χ2n) is 6.59. The smallest absolute Gasteiger partial charge is 0.325 e. The Morgan fingerprint density at radius 3 is 2.42 bits per heavy atom. The fourth-order valence-electron chi connectivity index (χ4n) is 3.70. The molecule has 1 heterocycles. The molecular weight excluding hydrogens is 328 g/mol. The van der Waals surface area contributed by atoms with Crippen LogP contribution in [-0.2, 0) is 14.3 Å². The zero-order chi connectivity index (χ0) is 18.7. The van der Waals surface area contributed by atoms with Crippen LogP contribution >= 0.6 is 0 Å². The van der Waals surface area contributed by atoms with Crippen molar-refractivity contribution in [3.63, 3.8) is 0 Å². The Balaban J connectivity index is 2.04. The highest BCUT2D eigenvalue weighted by Crippen LogP contribution is 2.41. The van der Waals surface area contributed by atoms with Crippen molar-refractivity contribution in [3.05, 3.63) is 60.2 Å². The van der Waals surface area contributed by atoms with Crippen molar-refractivity contribution in [3.8, 4) is 0 Å². The van der Waals surface area contributed by atoms with Gasteiger partial charge in [-0.25, -0.2) is 0 Å². The summed E-state index contributed by atoms with van der Waals surface area (Å²) >= 11 is 0. The number of hydrogen-bond donors (Lipinski definition) is 0. The summed E-state index contributed by atoms with van der Waals surface area (Å²) in [6.07, 6.45) is 0.739. The van der Waals surface area contributed by atoms with E-state index in [9.17, 15) is 9.59 Å². The SMILES string of the molecule is COC(=O)CN1c2ccccc2[C@@H](N(C(C)=O)c2ccccc2)C[C@H]1C. The minimum atomic E-state index is -0.267. The predicted molar refractivity (Wildman–Crippen MR) is 102 cm³/mol. The molecule has 136 valence electrons. The quantitative estimate of drug-likeness (QED) is 0.790. The highest BCUT2D eigenvalue weighted by Gasteiger charge is 2.35. The normalized spacial score (nSPS) is 18.8. The molecule has 1 amide bonds. The first-order valence-electron chi connectivity index (χ1n) is 8.80. The molecule has 0 unspecified atom stereocenters. The maximum Gasteiger partial charge on any atom is 0.325 e. The van der Waals surface area contributed by atoms with Gasteiger partial charge in [0.2, 0.25) is 5.91 Å². The first-order valence-corrected chi connectivity index (χ1v) is 8.80. The number of carbonyl (C=O) groups is 2. The number of benzene rings is 2. The Morgan fingerprint density at radius 2 is 1.77 bits per heavy atom. The lowest BCUT2D eigenvalue weighted by Crippen LogP contribution is -2.46. The van der Waals surface area contributed by atoms with E-state index >= 15 is 0 Å². The maximum absolute atomic E-state index is 12.5. The van der Waals surface area contributed by atoms with Gasteiger partial charge in [0.15, 0.2) is 0 Å². The summed E-state index contributed by atoms with van der Waals surface area (Å²) in [6.45, 7) is 3.88. The van der Waals surface area contributed by atoms with E-state index in [0.29, 0.717) is 0 Å². The van der Waals surface area contributed by atoms with E-state index in [1.807, 2.05) is 59.5 Å². The van der Waals surface area contributed by atoms with Gasteiger partial charge in [-0.2, -0.15) is 0 Å². The largest absolute Gasteiger partial charge is 0.468 e. The van der Waals surface area contributed by atoms with Crippen LogP contribution in [0, 0.1) is 0 Å². The summed E-state index contributed by atoms with van der Waals surface area (Å²) < 4.78 is 4.85. The fourth-order valence-corrected chi connectivity index (χ4v) is 3.70. The first kappa shape index (κ1) is 18.0. The molecule has 0 N–H and O–H groups in total. The van der Waals surface area contributed by atoms with Crippen LogP contribution in [0.1, 0.15) is 31.9 Å². The molecule has 0 spiro atoms. The van der Waals surface area contributed by atoms with Crippen LogP contribution in [0.15, 0.2) is 54.6 Å². The molecule has 0 aromatic heterocycles. The highest BCUT2D eigenvalue weighted by molar-refractivity contribution is 5.93. The first-order chi connectivity index (χ1) is 12.5. The number of ether oxygens (including phenoxy) is 1. The number of fused-ring (bicyclic) bond motifs is 1. The van der Waals surface area contributed by atoms with Crippen molar-refractivity contribution in [1.82, 2.24) is 0 Å². The molecule has 1 aliphatic rings. The number of rotatable bonds is 4. The molecule has 5 nitrogen and oxygen atoms in total. The van der Waals surface area contributed by atoms with E-state index in [-0.39, 0.29) is 30.5 Å². The van der Waals surface area contributed by atoms with Crippen molar-refractivity contribution >= 4 is 23.3 Å². The molecule has 0 bridgehead atoms. The van der Waals surface area contributed by atoms with Crippen molar-refractivity contribution in [2.45, 2.75) is 32.4 Å². The van der Waals surface area contributed by atoms with Crippen LogP contribution in [-0.4, -0.2) is 31.6 Å². The lowest BCUT2D eigenvalue weighted by Gasteiger charge is -2.44. The van der Waals surface area contributed by atoms with Gasteiger partial charge in [0.25, 0.3) is 0 Å². The Labute approximate surface area is 154 Å². The zero-order valence-corrected chi connectivity index (χ0v) is 15.4. The standard InChI is InChI=1S/C21H24N2O3/c1-15-13-20(23(16(2)24)17-9-5-4-6-10-17)18-11-7-8-12-19(18)22(15)14-21(25)26-3/h4-12,15,20H,13-14H2,1-3H3/t15-,20+/m1/s1. The van der Waals surface area contributed by atoms with E-state index in [2.05, 4.69) is 11.8 Å². The summed E-state index contributed by atoms with van der Waals surface area (Å²) in [5, 5.41) is 0. The second-order valence-corrected chi connectivity index (χ2v) is 6.59. The number of nitrogens with zero attached hydrogens (tertiary/aromatic N) is 2. The third kappa shape index (κ3) is 3.43. The average molecular weight is 352 g/mol. The highest BCUT2D eigenvalue weighted by atomic mass is 16.5. The summed E-state index contributed by atoms with van der Waals surface area (Å²) in [4.78, 5) is 28.3. The summed E-state index contributed by atoms with van der Waals surface area (Å²) in [5.41, 5.74) is 2.91. The summed E-state index contributed by atoms with van der Waals surface area (Å²) in [5.74, 6) is -0.263. The van der Waals surface area contributed by atoms with E-state index in [1.165, 1.54) is 7.11 Å². The van der Waals surface area contributed by atoms with Gasteiger partial charge in [-0.3, -0.25) is 9.59 Å². The van der Waals surface area contributed by atoms with Gasteiger partial charge in [-0.05, 0) is 37.1 Å². The monoisotopic (exact) mass is 352 g/mol. The molecular formula is C21H24N2O3. The number of amides is 1. The van der Waals surface area contributed by atoms with Crippen LogP contribution in [0.4, 0.5) is 11.4 Å². The number of anilines is 2. The minimum absolute atomic E-state index is 0.00428. The van der Waals surface area contributed by atoms with Gasteiger partial charge in [0, 0.05) is 24.3 Å². The molecule has 0 fully saturated rings. The molecule has 2 aromatic rings. The predicted octanol–water partition coefficient (Wildman–Crippen LogP) is 3.55. The van der Waals surface area contributed by atoms with Gasteiger partial charge < -0.3 is 14.5 Å². The molecule has 0 saturated carbocycles. The van der Waals surface area contributed by atoms with Crippen LogP contribution in [0.3, 0.4) is 0 Å². The van der Waals surface area contributed by atoms with Crippen molar-refractivity contribution in [2.24, 2.45) is 0 Å². The van der Waals surface area contributed by atoms with E-state index in [4.69, 9.17) is 4.74 Å². The fraction of sp³-hybridized carbons (Fsp3) is 0.333. The number of para-hydroxylation sites is 2. The molecule has 0 aliphatic carbocycles. The van der Waals surface area contributed by atoms with E-state index in [0.717, 1.165) is 23.4 Å². The summed E-state index contributed by atoms with van der Waals surface area (Å²) in [7, 11) is 1.40. The van der Waals surface area contributed by atoms with Gasteiger partial charge in [-0.15, -0.1) is 0 Å². The minimum Gasteiger partial charge on any atom is -0.468 e. The third-order valence-corrected chi connectivity index (χ3v) is 4.91. The Bertz CT molecular complexity index is 791. The topological polar surface area (TPSA) is 49.9 Å². The molecule has 2 aromatic carbocycles. The average Bonchev–Trinajstić information content (AvgIpc) is 2.65. The van der Waals surface area contributed by atoms with Crippen LogP contribution in [0.25, 0.3) is 0 Å². The van der Waals surface area contributed by atoms with Crippen LogP contribution in [0.5, 0.6) is 0 Å². The number of carbonyl (C=O) groups excluding carboxylic acids is 2. The number of hydrogen-bond acceptors (Lipinski definition) is 4. The van der Waals surface area contributed by atoms with Crippen LogP contribution in [0.2, 0.25) is 0 Å². The van der Waals surface area contributed by atoms with Gasteiger partial charge in [0.05, 0.1) is 13.2 Å². The molecule has 0 saturated heterocycles.